The van der Waals surface area contributed by atoms with E-state index in [0.29, 0.717) is 17.6 Å². The van der Waals surface area contributed by atoms with Gasteiger partial charge in [-0.05, 0) is 23.3 Å². The Balaban J connectivity index is 2.43. The summed E-state index contributed by atoms with van der Waals surface area (Å²) in [5, 5.41) is 2.99. The minimum atomic E-state index is -4.31. The molecule has 0 bridgehead atoms. The van der Waals surface area contributed by atoms with E-state index in [-0.39, 0.29) is 5.56 Å². The molecule has 16 heavy (non-hydrogen) atoms. The van der Waals surface area contributed by atoms with E-state index in [0.717, 1.165) is 11.6 Å². The predicted octanol–water partition coefficient (Wildman–Crippen LogP) is 3.45. The summed E-state index contributed by atoms with van der Waals surface area (Å²) in [4.78, 5) is 0. The van der Waals surface area contributed by atoms with E-state index in [1.807, 2.05) is 0 Å². The van der Waals surface area contributed by atoms with Crippen LogP contribution in [0.2, 0.25) is 0 Å². The van der Waals surface area contributed by atoms with Crippen LogP contribution in [0.3, 0.4) is 0 Å². The van der Waals surface area contributed by atoms with E-state index in [1.54, 1.807) is 12.1 Å². The lowest BCUT2D eigenvalue weighted by Gasteiger charge is -2.19. The van der Waals surface area contributed by atoms with Gasteiger partial charge >= 0.3 is 6.18 Å². The van der Waals surface area contributed by atoms with Crippen LogP contribution in [0.15, 0.2) is 28.2 Å². The monoisotopic (exact) mass is 291 g/mol. The molecule has 0 amide bonds. The van der Waals surface area contributed by atoms with Gasteiger partial charge in [0.1, 0.15) is 0 Å². The first-order valence-corrected chi connectivity index (χ1v) is 5.53. The Kier molecular flexibility index (Phi) is 3.08. The first kappa shape index (κ1) is 11.7. The van der Waals surface area contributed by atoms with Crippen molar-refractivity contribution in [2.75, 3.05) is 13.1 Å². The Labute approximate surface area is 99.5 Å². The van der Waals surface area contributed by atoms with Gasteiger partial charge in [-0.25, -0.2) is 0 Å². The third kappa shape index (κ3) is 2.47. The highest BCUT2D eigenvalue weighted by molar-refractivity contribution is 9.10. The molecule has 1 nitrogen and oxygen atoms in total. The molecule has 0 saturated carbocycles. The summed E-state index contributed by atoms with van der Waals surface area (Å²) >= 11 is 3.05. The number of nitrogens with one attached hydrogen (secondary N) is 1. The molecule has 1 heterocycles. The second kappa shape index (κ2) is 4.22. The minimum absolute atomic E-state index is 0.229. The molecule has 1 aromatic carbocycles. The Bertz CT molecular complexity index is 431. The van der Waals surface area contributed by atoms with Gasteiger partial charge in [-0.2, -0.15) is 13.2 Å². The zero-order chi connectivity index (χ0) is 11.8. The summed E-state index contributed by atoms with van der Waals surface area (Å²) in [6.07, 6.45) is -2.71. The van der Waals surface area contributed by atoms with Crippen LogP contribution in [-0.4, -0.2) is 13.1 Å². The van der Waals surface area contributed by atoms with Gasteiger partial charge in [0.25, 0.3) is 0 Å². The van der Waals surface area contributed by atoms with E-state index in [9.17, 15) is 13.2 Å². The van der Waals surface area contributed by atoms with Crippen molar-refractivity contribution in [2.45, 2.75) is 6.18 Å². The fourth-order valence-electron chi connectivity index (χ4n) is 1.49. The summed E-state index contributed by atoms with van der Waals surface area (Å²) in [6.45, 7) is 1.35. The van der Waals surface area contributed by atoms with Crippen molar-refractivity contribution in [3.63, 3.8) is 0 Å². The molecular weight excluding hydrogens is 283 g/mol. The smallest absolute Gasteiger partial charge is 0.309 e. The number of halogens is 4. The van der Waals surface area contributed by atoms with Crippen molar-refractivity contribution in [3.05, 3.63) is 39.4 Å². The molecule has 86 valence electrons. The summed E-state index contributed by atoms with van der Waals surface area (Å²) < 4.78 is 38.6. The van der Waals surface area contributed by atoms with Gasteiger partial charge in [0.05, 0.1) is 5.56 Å². The van der Waals surface area contributed by atoms with Crippen LogP contribution in [-0.2, 0) is 6.18 Å². The molecule has 2 rings (SSSR count). The van der Waals surface area contributed by atoms with Crippen molar-refractivity contribution < 1.29 is 13.2 Å². The fourth-order valence-corrected chi connectivity index (χ4v) is 1.85. The Morgan fingerprint density at radius 3 is 2.44 bits per heavy atom. The molecule has 0 spiro atoms. The lowest BCUT2D eigenvalue weighted by Crippen LogP contribution is -2.33. The second-order valence-corrected chi connectivity index (χ2v) is 4.55. The van der Waals surface area contributed by atoms with Gasteiger partial charge in [0.15, 0.2) is 0 Å². The maximum atomic E-state index is 12.7. The molecule has 0 aromatic heterocycles. The Morgan fingerprint density at radius 2 is 1.94 bits per heavy atom. The van der Waals surface area contributed by atoms with E-state index < -0.39 is 11.7 Å². The number of rotatable bonds is 1. The highest BCUT2D eigenvalue weighted by atomic mass is 79.9. The zero-order valence-electron chi connectivity index (χ0n) is 8.24. The van der Waals surface area contributed by atoms with Crippen molar-refractivity contribution in [3.8, 4) is 0 Å². The highest BCUT2D eigenvalue weighted by Crippen LogP contribution is 2.34. The quantitative estimate of drug-likeness (QED) is 0.836. The Hall–Kier alpha value is -0.810. The van der Waals surface area contributed by atoms with Gasteiger partial charge in [-0.3, -0.25) is 0 Å². The molecule has 1 aromatic rings. The van der Waals surface area contributed by atoms with Crippen LogP contribution in [0.4, 0.5) is 13.2 Å². The molecule has 1 aliphatic rings. The number of hydrogen-bond acceptors (Lipinski definition) is 1. The van der Waals surface area contributed by atoms with Crippen LogP contribution < -0.4 is 5.32 Å². The molecule has 1 aliphatic heterocycles. The molecular formula is C11H9BrF3N. The molecule has 0 radical (unpaired) electrons. The average Bonchev–Trinajstić information content (AvgIpc) is 2.11. The standard InChI is InChI=1S/C11H9BrF3N/c12-9-2-1-8(3-7-5-16-6-7)10(4-9)11(13,14)15/h1-4,16H,5-6H2. The molecule has 1 saturated heterocycles. The predicted molar refractivity (Wildman–Crippen MR) is 60.0 cm³/mol. The molecule has 0 unspecified atom stereocenters. The number of benzene rings is 1. The minimum Gasteiger partial charge on any atom is -0.309 e. The van der Waals surface area contributed by atoms with E-state index in [1.165, 1.54) is 6.07 Å². The third-order valence-corrected chi connectivity index (χ3v) is 2.88. The lowest BCUT2D eigenvalue weighted by molar-refractivity contribution is -0.137. The first-order valence-electron chi connectivity index (χ1n) is 4.74. The summed E-state index contributed by atoms with van der Waals surface area (Å²) in [5.74, 6) is 0. The lowest BCUT2D eigenvalue weighted by atomic mass is 10.0. The van der Waals surface area contributed by atoms with Crippen LogP contribution in [0.25, 0.3) is 6.08 Å². The van der Waals surface area contributed by atoms with Gasteiger partial charge < -0.3 is 5.32 Å². The van der Waals surface area contributed by atoms with Crippen molar-refractivity contribution in [1.29, 1.82) is 0 Å². The summed E-state index contributed by atoms with van der Waals surface area (Å²) in [7, 11) is 0. The van der Waals surface area contributed by atoms with Crippen LogP contribution in [0, 0.1) is 0 Å². The molecule has 1 fully saturated rings. The van der Waals surface area contributed by atoms with Crippen LogP contribution in [0.5, 0.6) is 0 Å². The SMILES string of the molecule is FC(F)(F)c1cc(Br)ccc1C=C1CNC1. The van der Waals surface area contributed by atoms with Crippen LogP contribution in [0.1, 0.15) is 11.1 Å². The van der Waals surface area contributed by atoms with Crippen molar-refractivity contribution in [1.82, 2.24) is 5.32 Å². The van der Waals surface area contributed by atoms with Gasteiger partial charge in [0.2, 0.25) is 0 Å². The molecule has 1 N–H and O–H groups in total. The largest absolute Gasteiger partial charge is 0.417 e. The fraction of sp³-hybridized carbons (Fsp3) is 0.273. The van der Waals surface area contributed by atoms with Gasteiger partial charge in [-0.15, -0.1) is 0 Å². The normalized spacial score (nSPS) is 15.9. The Morgan fingerprint density at radius 1 is 1.25 bits per heavy atom. The number of hydrogen-bond donors (Lipinski definition) is 1. The third-order valence-electron chi connectivity index (χ3n) is 2.38. The molecule has 5 heteroatoms. The number of alkyl halides is 3. The van der Waals surface area contributed by atoms with E-state index in [2.05, 4.69) is 21.2 Å². The first-order chi connectivity index (χ1) is 7.47. The van der Waals surface area contributed by atoms with Crippen molar-refractivity contribution in [2.24, 2.45) is 0 Å². The highest BCUT2D eigenvalue weighted by Gasteiger charge is 2.33. The maximum absolute atomic E-state index is 12.7. The van der Waals surface area contributed by atoms with Gasteiger partial charge in [0, 0.05) is 17.6 Å². The maximum Gasteiger partial charge on any atom is 0.417 e. The van der Waals surface area contributed by atoms with E-state index in [4.69, 9.17) is 0 Å². The zero-order valence-corrected chi connectivity index (χ0v) is 9.82. The van der Waals surface area contributed by atoms with Gasteiger partial charge in [-0.1, -0.05) is 28.1 Å². The topological polar surface area (TPSA) is 12.0 Å². The molecule has 0 atom stereocenters. The summed E-state index contributed by atoms with van der Waals surface area (Å²) in [5.41, 5.74) is 0.626. The summed E-state index contributed by atoms with van der Waals surface area (Å²) in [6, 6.07) is 4.21. The van der Waals surface area contributed by atoms with Crippen LogP contribution >= 0.6 is 15.9 Å². The molecule has 0 aliphatic carbocycles. The second-order valence-electron chi connectivity index (χ2n) is 3.64. The van der Waals surface area contributed by atoms with Crippen molar-refractivity contribution >= 4 is 22.0 Å². The average molecular weight is 292 g/mol. The van der Waals surface area contributed by atoms with E-state index >= 15 is 0 Å².